The van der Waals surface area contributed by atoms with E-state index in [4.69, 9.17) is 0 Å². The highest BCUT2D eigenvalue weighted by molar-refractivity contribution is 5.64. The van der Waals surface area contributed by atoms with E-state index in [1.54, 1.807) is 18.9 Å². The fourth-order valence-corrected chi connectivity index (χ4v) is 2.94. The van der Waals surface area contributed by atoms with Crippen molar-refractivity contribution in [1.29, 1.82) is 0 Å². The first kappa shape index (κ1) is 13.9. The third-order valence-corrected chi connectivity index (χ3v) is 4.39. The Bertz CT molecular complexity index is 834. The molecule has 0 bridgehead atoms. The van der Waals surface area contributed by atoms with E-state index in [0.29, 0.717) is 0 Å². The van der Waals surface area contributed by atoms with E-state index in [-0.39, 0.29) is 0 Å². The number of piperazine rings is 1. The zero-order valence-corrected chi connectivity index (χ0v) is 13.2. The standard InChI is InChI=1S/C15H18N8/c1-11-12(2)17-9-18-13(11)21-5-7-22(8-6-21)14-15-20-19-10-23(15)4-3-16-14/h3-4,9-10H,5-8H2,1-2H3. The summed E-state index contributed by atoms with van der Waals surface area (Å²) in [5, 5.41) is 8.13. The van der Waals surface area contributed by atoms with Crippen molar-refractivity contribution in [3.8, 4) is 0 Å². The Morgan fingerprint density at radius 2 is 1.65 bits per heavy atom. The van der Waals surface area contributed by atoms with Gasteiger partial charge in [0.15, 0.2) is 5.82 Å². The van der Waals surface area contributed by atoms with Crippen LogP contribution in [0.25, 0.3) is 5.65 Å². The highest BCUT2D eigenvalue weighted by Gasteiger charge is 2.22. The van der Waals surface area contributed by atoms with Crippen LogP contribution in [0.4, 0.5) is 11.6 Å². The zero-order valence-electron chi connectivity index (χ0n) is 13.2. The SMILES string of the molecule is Cc1ncnc(N2CCN(c3nccn4cnnc34)CC2)c1C. The maximum absolute atomic E-state index is 4.49. The second-order valence-corrected chi connectivity index (χ2v) is 5.69. The van der Waals surface area contributed by atoms with E-state index in [9.17, 15) is 0 Å². The summed E-state index contributed by atoms with van der Waals surface area (Å²) in [6, 6.07) is 0. The fourth-order valence-electron chi connectivity index (χ4n) is 2.94. The van der Waals surface area contributed by atoms with Gasteiger partial charge in [0.25, 0.3) is 0 Å². The summed E-state index contributed by atoms with van der Waals surface area (Å²) < 4.78 is 1.90. The molecule has 23 heavy (non-hydrogen) atoms. The molecule has 4 heterocycles. The number of rotatable bonds is 2. The Kier molecular flexibility index (Phi) is 3.29. The van der Waals surface area contributed by atoms with Gasteiger partial charge in [-0.15, -0.1) is 10.2 Å². The molecule has 0 spiro atoms. The topological polar surface area (TPSA) is 75.3 Å². The Labute approximate surface area is 133 Å². The van der Waals surface area contributed by atoms with Gasteiger partial charge < -0.3 is 9.80 Å². The molecule has 8 heteroatoms. The minimum absolute atomic E-state index is 0.801. The molecule has 0 unspecified atom stereocenters. The summed E-state index contributed by atoms with van der Waals surface area (Å²) in [4.78, 5) is 17.8. The maximum atomic E-state index is 4.49. The van der Waals surface area contributed by atoms with Gasteiger partial charge in [-0.2, -0.15) is 0 Å². The molecule has 0 amide bonds. The van der Waals surface area contributed by atoms with Gasteiger partial charge in [-0.1, -0.05) is 0 Å². The van der Waals surface area contributed by atoms with Gasteiger partial charge in [0.1, 0.15) is 18.5 Å². The van der Waals surface area contributed by atoms with Crippen LogP contribution < -0.4 is 9.80 Å². The predicted octanol–water partition coefficient (Wildman–Crippen LogP) is 0.858. The van der Waals surface area contributed by atoms with Crippen LogP contribution in [-0.4, -0.2) is 55.7 Å². The zero-order chi connectivity index (χ0) is 15.8. The minimum atomic E-state index is 0.801. The van der Waals surface area contributed by atoms with E-state index in [2.05, 4.69) is 41.9 Å². The van der Waals surface area contributed by atoms with Crippen molar-refractivity contribution in [2.45, 2.75) is 13.8 Å². The van der Waals surface area contributed by atoms with Crippen LogP contribution in [0.3, 0.4) is 0 Å². The van der Waals surface area contributed by atoms with Gasteiger partial charge in [-0.25, -0.2) is 15.0 Å². The number of aromatic nitrogens is 6. The monoisotopic (exact) mass is 310 g/mol. The van der Waals surface area contributed by atoms with Gasteiger partial charge in [0, 0.05) is 49.8 Å². The highest BCUT2D eigenvalue weighted by Crippen LogP contribution is 2.22. The van der Waals surface area contributed by atoms with Crippen LogP contribution in [0, 0.1) is 13.8 Å². The molecule has 3 aromatic rings. The smallest absolute Gasteiger partial charge is 0.203 e. The van der Waals surface area contributed by atoms with Crippen LogP contribution in [0.1, 0.15) is 11.3 Å². The Morgan fingerprint density at radius 1 is 0.913 bits per heavy atom. The number of nitrogens with zero attached hydrogens (tertiary/aromatic N) is 8. The van der Waals surface area contributed by atoms with Gasteiger partial charge >= 0.3 is 0 Å². The molecule has 4 rings (SSSR count). The average molecular weight is 310 g/mol. The Balaban J connectivity index is 1.55. The second-order valence-electron chi connectivity index (χ2n) is 5.69. The third-order valence-electron chi connectivity index (χ3n) is 4.39. The summed E-state index contributed by atoms with van der Waals surface area (Å²) in [6.07, 6.45) is 6.99. The van der Waals surface area contributed by atoms with E-state index in [0.717, 1.165) is 54.7 Å². The summed E-state index contributed by atoms with van der Waals surface area (Å²) in [6.45, 7) is 7.65. The lowest BCUT2D eigenvalue weighted by Gasteiger charge is -2.36. The molecule has 118 valence electrons. The molecule has 1 aliphatic heterocycles. The van der Waals surface area contributed by atoms with Gasteiger partial charge in [0.2, 0.25) is 5.65 Å². The normalized spacial score (nSPS) is 15.4. The minimum Gasteiger partial charge on any atom is -0.353 e. The lowest BCUT2D eigenvalue weighted by atomic mass is 10.2. The molecule has 1 aliphatic rings. The predicted molar refractivity (Wildman–Crippen MR) is 86.7 cm³/mol. The van der Waals surface area contributed by atoms with Crippen molar-refractivity contribution < 1.29 is 0 Å². The van der Waals surface area contributed by atoms with E-state index in [1.807, 2.05) is 17.5 Å². The molecular weight excluding hydrogens is 292 g/mol. The molecule has 0 atom stereocenters. The number of hydrogen-bond donors (Lipinski definition) is 0. The van der Waals surface area contributed by atoms with Crippen molar-refractivity contribution in [2.24, 2.45) is 0 Å². The molecule has 0 aliphatic carbocycles. The molecule has 1 fully saturated rings. The highest BCUT2D eigenvalue weighted by atomic mass is 15.3. The summed E-state index contributed by atoms with van der Waals surface area (Å²) in [5.74, 6) is 1.92. The largest absolute Gasteiger partial charge is 0.353 e. The molecule has 8 nitrogen and oxygen atoms in total. The van der Waals surface area contributed by atoms with Crippen LogP contribution in [-0.2, 0) is 0 Å². The first-order valence-electron chi connectivity index (χ1n) is 7.66. The summed E-state index contributed by atoms with van der Waals surface area (Å²) in [7, 11) is 0. The average Bonchev–Trinajstić information content (AvgIpc) is 3.06. The summed E-state index contributed by atoms with van der Waals surface area (Å²) in [5.41, 5.74) is 2.99. The molecule has 0 saturated carbocycles. The second kappa shape index (κ2) is 5.45. The fraction of sp³-hybridized carbons (Fsp3) is 0.400. The Morgan fingerprint density at radius 3 is 2.43 bits per heavy atom. The van der Waals surface area contributed by atoms with Crippen LogP contribution in [0.15, 0.2) is 25.0 Å². The number of fused-ring (bicyclic) bond motifs is 1. The number of aryl methyl sites for hydroxylation is 1. The molecule has 3 aromatic heterocycles. The third kappa shape index (κ3) is 2.36. The molecule has 0 radical (unpaired) electrons. The van der Waals surface area contributed by atoms with E-state index >= 15 is 0 Å². The van der Waals surface area contributed by atoms with Crippen LogP contribution >= 0.6 is 0 Å². The maximum Gasteiger partial charge on any atom is 0.203 e. The molecular formula is C15H18N8. The molecule has 0 aromatic carbocycles. The first-order chi connectivity index (χ1) is 11.2. The van der Waals surface area contributed by atoms with Crippen molar-refractivity contribution in [3.63, 3.8) is 0 Å². The van der Waals surface area contributed by atoms with Gasteiger partial charge in [0.05, 0.1) is 0 Å². The van der Waals surface area contributed by atoms with Crippen LogP contribution in [0.5, 0.6) is 0 Å². The van der Waals surface area contributed by atoms with Crippen molar-refractivity contribution in [2.75, 3.05) is 36.0 Å². The number of hydrogen-bond acceptors (Lipinski definition) is 7. The van der Waals surface area contributed by atoms with Crippen molar-refractivity contribution >= 4 is 17.3 Å². The Hall–Kier alpha value is -2.77. The van der Waals surface area contributed by atoms with E-state index < -0.39 is 0 Å². The first-order valence-corrected chi connectivity index (χ1v) is 7.66. The molecule has 1 saturated heterocycles. The van der Waals surface area contributed by atoms with E-state index in [1.165, 1.54) is 0 Å². The summed E-state index contributed by atoms with van der Waals surface area (Å²) >= 11 is 0. The van der Waals surface area contributed by atoms with Gasteiger partial charge in [-0.3, -0.25) is 4.40 Å². The molecule has 0 N–H and O–H groups in total. The van der Waals surface area contributed by atoms with Crippen LogP contribution in [0.2, 0.25) is 0 Å². The van der Waals surface area contributed by atoms with Crippen molar-refractivity contribution in [3.05, 3.63) is 36.3 Å². The number of anilines is 2. The van der Waals surface area contributed by atoms with Gasteiger partial charge in [-0.05, 0) is 13.8 Å². The lowest BCUT2D eigenvalue weighted by Crippen LogP contribution is -2.47. The van der Waals surface area contributed by atoms with Crippen molar-refractivity contribution in [1.82, 2.24) is 29.5 Å². The quantitative estimate of drug-likeness (QED) is 0.695. The lowest BCUT2D eigenvalue weighted by molar-refractivity contribution is 0.639.